The highest BCUT2D eigenvalue weighted by atomic mass is 35.5. The standard InChI is InChI=1S/C21H15ClN2O4S/c1-13-6-9-15(10-7-13)29(26,27)24-18-5-3-2-4-16(18)20-23-19-12-14(22)8-11-17(19)21(25)28-20/h2-12,24H,1H3. The molecule has 1 heterocycles. The summed E-state index contributed by atoms with van der Waals surface area (Å²) in [5.41, 5.74) is 1.30. The molecule has 0 fully saturated rings. The third-order valence-corrected chi connectivity index (χ3v) is 5.94. The zero-order valence-electron chi connectivity index (χ0n) is 15.2. The first-order chi connectivity index (χ1) is 13.8. The second-order valence-electron chi connectivity index (χ2n) is 6.43. The summed E-state index contributed by atoms with van der Waals surface area (Å²) in [7, 11) is -3.84. The zero-order valence-corrected chi connectivity index (χ0v) is 16.8. The van der Waals surface area contributed by atoms with Crippen LogP contribution < -0.4 is 10.3 Å². The molecule has 1 N–H and O–H groups in total. The summed E-state index contributed by atoms with van der Waals surface area (Å²) in [5, 5.41) is 0.714. The van der Waals surface area contributed by atoms with E-state index in [0.29, 0.717) is 16.1 Å². The molecule has 29 heavy (non-hydrogen) atoms. The van der Waals surface area contributed by atoms with E-state index < -0.39 is 15.6 Å². The molecule has 0 aliphatic heterocycles. The maximum Gasteiger partial charge on any atom is 0.347 e. The summed E-state index contributed by atoms with van der Waals surface area (Å²) >= 11 is 6.00. The van der Waals surface area contributed by atoms with Crippen molar-refractivity contribution in [3.63, 3.8) is 0 Å². The minimum absolute atomic E-state index is 0.00743. The highest BCUT2D eigenvalue weighted by Crippen LogP contribution is 2.29. The van der Waals surface area contributed by atoms with E-state index in [4.69, 9.17) is 16.0 Å². The van der Waals surface area contributed by atoms with Crippen molar-refractivity contribution in [3.8, 4) is 11.5 Å². The van der Waals surface area contributed by atoms with E-state index in [9.17, 15) is 13.2 Å². The first-order valence-corrected chi connectivity index (χ1v) is 10.5. The number of nitrogens with one attached hydrogen (secondary N) is 1. The highest BCUT2D eigenvalue weighted by Gasteiger charge is 2.18. The molecule has 0 radical (unpaired) electrons. The molecular formula is C21H15ClN2O4S. The molecule has 0 aliphatic carbocycles. The number of fused-ring (bicyclic) bond motifs is 1. The van der Waals surface area contributed by atoms with E-state index in [2.05, 4.69) is 9.71 Å². The van der Waals surface area contributed by atoms with Crippen LogP contribution >= 0.6 is 11.6 Å². The summed E-state index contributed by atoms with van der Waals surface area (Å²) in [5.74, 6) is -0.00743. The first-order valence-electron chi connectivity index (χ1n) is 8.63. The van der Waals surface area contributed by atoms with Gasteiger partial charge in [-0.05, 0) is 49.4 Å². The third-order valence-electron chi connectivity index (χ3n) is 4.32. The van der Waals surface area contributed by atoms with Crippen LogP contribution in [0.2, 0.25) is 5.02 Å². The smallest absolute Gasteiger partial charge is 0.347 e. The fourth-order valence-corrected chi connectivity index (χ4v) is 4.09. The van der Waals surface area contributed by atoms with Crippen LogP contribution in [0.5, 0.6) is 0 Å². The number of nitrogens with zero attached hydrogens (tertiary/aromatic N) is 1. The third kappa shape index (κ3) is 3.87. The fourth-order valence-electron chi connectivity index (χ4n) is 2.84. The van der Waals surface area contributed by atoms with Gasteiger partial charge in [-0.25, -0.2) is 18.2 Å². The number of aromatic nitrogens is 1. The Morgan fingerprint density at radius 2 is 1.72 bits per heavy atom. The zero-order chi connectivity index (χ0) is 20.6. The molecule has 3 aromatic carbocycles. The normalized spacial score (nSPS) is 11.5. The van der Waals surface area contributed by atoms with Gasteiger partial charge in [0.05, 0.1) is 27.0 Å². The second-order valence-corrected chi connectivity index (χ2v) is 8.55. The highest BCUT2D eigenvalue weighted by molar-refractivity contribution is 7.92. The second kappa shape index (κ2) is 7.35. The number of hydrogen-bond donors (Lipinski definition) is 1. The van der Waals surface area contributed by atoms with Crippen molar-refractivity contribution in [2.45, 2.75) is 11.8 Å². The van der Waals surface area contributed by atoms with E-state index >= 15 is 0 Å². The van der Waals surface area contributed by atoms with Crippen molar-refractivity contribution in [2.24, 2.45) is 0 Å². The summed E-state index contributed by atoms with van der Waals surface area (Å²) in [6, 6.07) is 17.7. The lowest BCUT2D eigenvalue weighted by Crippen LogP contribution is -2.14. The Morgan fingerprint density at radius 1 is 1.00 bits per heavy atom. The topological polar surface area (TPSA) is 89.3 Å². The van der Waals surface area contributed by atoms with Gasteiger partial charge < -0.3 is 4.42 Å². The molecule has 0 spiro atoms. The monoisotopic (exact) mass is 426 g/mol. The molecule has 0 amide bonds. The van der Waals surface area contributed by atoms with E-state index in [-0.39, 0.29) is 21.9 Å². The van der Waals surface area contributed by atoms with Crippen molar-refractivity contribution < 1.29 is 12.8 Å². The van der Waals surface area contributed by atoms with Gasteiger partial charge in [-0.1, -0.05) is 41.4 Å². The molecule has 0 saturated heterocycles. The molecule has 0 unspecified atom stereocenters. The van der Waals surface area contributed by atoms with Gasteiger partial charge in [-0.2, -0.15) is 0 Å². The quantitative estimate of drug-likeness (QED) is 0.514. The maximum atomic E-state index is 12.8. The summed E-state index contributed by atoms with van der Waals surface area (Å²) in [6.45, 7) is 1.87. The van der Waals surface area contributed by atoms with Gasteiger partial charge in [0.25, 0.3) is 10.0 Å². The van der Waals surface area contributed by atoms with Gasteiger partial charge in [-0.3, -0.25) is 4.72 Å². The van der Waals surface area contributed by atoms with Crippen LogP contribution in [0.25, 0.3) is 22.4 Å². The molecule has 6 nitrogen and oxygen atoms in total. The van der Waals surface area contributed by atoms with E-state index in [0.717, 1.165) is 5.56 Å². The van der Waals surface area contributed by atoms with Crippen molar-refractivity contribution in [3.05, 3.63) is 87.7 Å². The molecule has 0 saturated carbocycles. The lowest BCUT2D eigenvalue weighted by atomic mass is 10.1. The molecule has 146 valence electrons. The Kier molecular flexibility index (Phi) is 4.86. The molecule has 0 atom stereocenters. The van der Waals surface area contributed by atoms with Crippen LogP contribution in [0, 0.1) is 6.92 Å². The predicted molar refractivity (Wildman–Crippen MR) is 113 cm³/mol. The van der Waals surface area contributed by atoms with Crippen LogP contribution in [0.4, 0.5) is 5.69 Å². The van der Waals surface area contributed by atoms with Crippen LogP contribution in [0.15, 0.2) is 80.8 Å². The molecule has 1 aromatic heterocycles. The van der Waals surface area contributed by atoms with Gasteiger partial charge in [0.15, 0.2) is 0 Å². The van der Waals surface area contributed by atoms with Crippen LogP contribution in [0.3, 0.4) is 0 Å². The Balaban J connectivity index is 1.81. The Hall–Kier alpha value is -3.16. The SMILES string of the molecule is Cc1ccc(S(=O)(=O)Nc2ccccc2-c2nc3cc(Cl)ccc3c(=O)o2)cc1. The Morgan fingerprint density at radius 3 is 2.48 bits per heavy atom. The number of anilines is 1. The number of sulfonamides is 1. The van der Waals surface area contributed by atoms with Crippen LogP contribution in [-0.4, -0.2) is 13.4 Å². The van der Waals surface area contributed by atoms with E-state index in [1.165, 1.54) is 18.2 Å². The minimum atomic E-state index is -3.84. The Bertz CT molecular complexity index is 1380. The van der Waals surface area contributed by atoms with Crippen molar-refractivity contribution in [2.75, 3.05) is 4.72 Å². The first kappa shape index (κ1) is 19.2. The minimum Gasteiger partial charge on any atom is -0.403 e. The van der Waals surface area contributed by atoms with Gasteiger partial charge in [-0.15, -0.1) is 0 Å². The predicted octanol–water partition coefficient (Wildman–Crippen LogP) is 4.62. The number of aryl methyl sites for hydroxylation is 1. The lowest BCUT2D eigenvalue weighted by molar-refractivity contribution is 0.518. The molecule has 4 rings (SSSR count). The van der Waals surface area contributed by atoms with Crippen LogP contribution in [-0.2, 0) is 10.0 Å². The van der Waals surface area contributed by atoms with Gasteiger partial charge in [0.2, 0.25) is 5.89 Å². The number of halogens is 1. The fraction of sp³-hybridized carbons (Fsp3) is 0.0476. The van der Waals surface area contributed by atoms with Crippen molar-refractivity contribution >= 4 is 38.2 Å². The largest absolute Gasteiger partial charge is 0.403 e. The van der Waals surface area contributed by atoms with E-state index in [1.54, 1.807) is 48.5 Å². The van der Waals surface area contributed by atoms with Gasteiger partial charge in [0, 0.05) is 5.02 Å². The van der Waals surface area contributed by atoms with Crippen molar-refractivity contribution in [1.29, 1.82) is 0 Å². The van der Waals surface area contributed by atoms with Gasteiger partial charge >= 0.3 is 5.63 Å². The maximum absolute atomic E-state index is 12.8. The summed E-state index contributed by atoms with van der Waals surface area (Å²) in [6.07, 6.45) is 0. The summed E-state index contributed by atoms with van der Waals surface area (Å²) < 4.78 is 33.5. The average molecular weight is 427 g/mol. The number of rotatable bonds is 4. The lowest BCUT2D eigenvalue weighted by Gasteiger charge is -2.12. The average Bonchev–Trinajstić information content (AvgIpc) is 2.68. The molecular weight excluding hydrogens is 412 g/mol. The number of hydrogen-bond acceptors (Lipinski definition) is 5. The molecule has 4 aromatic rings. The van der Waals surface area contributed by atoms with Crippen molar-refractivity contribution in [1.82, 2.24) is 4.98 Å². The van der Waals surface area contributed by atoms with Gasteiger partial charge in [0.1, 0.15) is 0 Å². The number of benzene rings is 3. The molecule has 0 aliphatic rings. The van der Waals surface area contributed by atoms with E-state index in [1.807, 2.05) is 6.92 Å². The molecule has 0 bridgehead atoms. The Labute approximate surface area is 171 Å². The molecule has 8 heteroatoms. The van der Waals surface area contributed by atoms with Crippen LogP contribution in [0.1, 0.15) is 5.56 Å². The number of para-hydroxylation sites is 1. The summed E-state index contributed by atoms with van der Waals surface area (Å²) in [4.78, 5) is 16.8.